The van der Waals surface area contributed by atoms with Gasteiger partial charge in [0.25, 0.3) is 0 Å². The summed E-state index contributed by atoms with van der Waals surface area (Å²) in [6.45, 7) is 8.13. The van der Waals surface area contributed by atoms with E-state index in [0.29, 0.717) is 6.54 Å². The molecule has 0 bridgehead atoms. The minimum absolute atomic E-state index is 0.0902. The molecule has 2 fully saturated rings. The van der Waals surface area contributed by atoms with Crippen LogP contribution in [0.25, 0.3) is 44.4 Å². The zero-order valence-corrected chi connectivity index (χ0v) is 34.6. The molecule has 2 aromatic heterocycles. The van der Waals surface area contributed by atoms with E-state index in [9.17, 15) is 19.2 Å². The predicted molar refractivity (Wildman–Crippen MR) is 225 cm³/mol. The van der Waals surface area contributed by atoms with Gasteiger partial charge >= 0.3 is 12.2 Å². The highest BCUT2D eigenvalue weighted by atomic mass is 16.5. The standard InChI is InChI=1S/C45H54N8O6/c1-26(2)39(50-44(56)58-5)43(55)52-21-9-12-38(52)41-47-25-37(49-41)33-20-19-31-22-30(17-18-32(31)23-33)28-13-15-29(16-14-28)36-24-46-40(48-36)34-10-7-8-11-35(34)42(54)53(27(3)4)51-45(57)59-6/h13-20,22-27,34-35,38-39H,7-12,21H2,1-6H3,(H,46,48)(H,47,49)(H,50,56)(H,51,57). The monoisotopic (exact) mass is 802 g/mol. The average molecular weight is 803 g/mol. The van der Waals surface area contributed by atoms with Crippen molar-refractivity contribution >= 4 is 34.8 Å². The summed E-state index contributed by atoms with van der Waals surface area (Å²) >= 11 is 0. The van der Waals surface area contributed by atoms with Crippen LogP contribution in [0.4, 0.5) is 9.59 Å². The lowest BCUT2D eigenvalue weighted by Crippen LogP contribution is -2.53. The third kappa shape index (κ3) is 8.81. The number of imidazole rings is 2. The topological polar surface area (TPSA) is 175 Å². The lowest BCUT2D eigenvalue weighted by Gasteiger charge is -2.35. The van der Waals surface area contributed by atoms with Crippen molar-refractivity contribution in [1.29, 1.82) is 0 Å². The van der Waals surface area contributed by atoms with Gasteiger partial charge in [-0.3, -0.25) is 9.59 Å². The maximum absolute atomic E-state index is 13.7. The van der Waals surface area contributed by atoms with Crippen LogP contribution >= 0.6 is 0 Å². The lowest BCUT2D eigenvalue weighted by molar-refractivity contribution is -0.142. The molecule has 59 heavy (non-hydrogen) atoms. The molecule has 4 amide bonds. The molecule has 3 aromatic carbocycles. The van der Waals surface area contributed by atoms with Crippen molar-refractivity contribution in [2.45, 2.75) is 90.3 Å². The molecule has 4 unspecified atom stereocenters. The molecule has 310 valence electrons. The maximum atomic E-state index is 13.7. The Labute approximate surface area is 344 Å². The Bertz CT molecular complexity index is 2300. The number of aromatic amines is 2. The Morgan fingerprint density at radius 3 is 2.00 bits per heavy atom. The van der Waals surface area contributed by atoms with Gasteiger partial charge in [-0.15, -0.1) is 0 Å². The van der Waals surface area contributed by atoms with E-state index in [1.807, 2.05) is 45.0 Å². The fraction of sp³-hybridized carbons (Fsp3) is 0.422. The molecule has 3 heterocycles. The number of H-pyrrole nitrogens is 2. The number of amides is 4. The van der Waals surface area contributed by atoms with E-state index in [0.717, 1.165) is 94.6 Å². The first-order valence-corrected chi connectivity index (χ1v) is 20.5. The summed E-state index contributed by atoms with van der Waals surface area (Å²) < 4.78 is 9.53. The van der Waals surface area contributed by atoms with Crippen LogP contribution in [0.15, 0.2) is 73.1 Å². The molecule has 4 N–H and O–H groups in total. The summed E-state index contributed by atoms with van der Waals surface area (Å²) in [6.07, 6.45) is 7.49. The van der Waals surface area contributed by atoms with Crippen molar-refractivity contribution in [2.24, 2.45) is 11.8 Å². The van der Waals surface area contributed by atoms with Crippen LogP contribution in [-0.4, -0.2) is 86.7 Å². The number of hydrogen-bond donors (Lipinski definition) is 4. The Balaban J connectivity index is 1.03. The minimum atomic E-state index is -0.688. The SMILES string of the molecule is COC(=O)NC(C(=O)N1CCCC1c1ncc(-c2ccc3cc(-c4ccc(-c5cnc(C6CCCCC6C(=O)N(NC(=O)OC)C(C)C)[nH]5)cc4)ccc3c2)[nH]1)C(C)C. The first-order valence-electron chi connectivity index (χ1n) is 20.5. The molecule has 7 rings (SSSR count). The summed E-state index contributed by atoms with van der Waals surface area (Å²) in [7, 11) is 2.58. The fourth-order valence-electron chi connectivity index (χ4n) is 8.47. The van der Waals surface area contributed by atoms with E-state index in [4.69, 9.17) is 19.4 Å². The average Bonchev–Trinajstić information content (AvgIpc) is 4.06. The number of alkyl carbamates (subject to hydrolysis) is 1. The van der Waals surface area contributed by atoms with Crippen LogP contribution in [0.1, 0.15) is 89.8 Å². The van der Waals surface area contributed by atoms with Gasteiger partial charge in [-0.25, -0.2) is 30.0 Å². The molecule has 1 saturated heterocycles. The van der Waals surface area contributed by atoms with Crippen molar-refractivity contribution in [1.82, 2.24) is 40.6 Å². The van der Waals surface area contributed by atoms with Crippen LogP contribution in [0.2, 0.25) is 0 Å². The van der Waals surface area contributed by atoms with E-state index in [1.54, 1.807) is 0 Å². The first-order chi connectivity index (χ1) is 28.4. The van der Waals surface area contributed by atoms with Gasteiger partial charge in [0, 0.05) is 30.0 Å². The number of methoxy groups -OCH3 is 2. The summed E-state index contributed by atoms with van der Waals surface area (Å²) in [5, 5.41) is 6.28. The second kappa shape index (κ2) is 17.8. The highest BCUT2D eigenvalue weighted by Crippen LogP contribution is 2.39. The van der Waals surface area contributed by atoms with Gasteiger partial charge in [0.05, 0.1) is 44.0 Å². The number of fused-ring (bicyclic) bond motifs is 1. The number of aromatic nitrogens is 4. The number of carbonyl (C=O) groups excluding carboxylic acids is 4. The number of likely N-dealkylation sites (tertiary alicyclic amines) is 1. The number of rotatable bonds is 10. The Morgan fingerprint density at radius 2 is 1.32 bits per heavy atom. The maximum Gasteiger partial charge on any atom is 0.425 e. The van der Waals surface area contributed by atoms with Gasteiger partial charge < -0.3 is 29.7 Å². The van der Waals surface area contributed by atoms with Gasteiger partial charge in [-0.05, 0) is 85.0 Å². The summed E-state index contributed by atoms with van der Waals surface area (Å²) in [5.74, 6) is 0.736. The second-order valence-electron chi connectivity index (χ2n) is 16.2. The molecule has 0 spiro atoms. The molecular formula is C45H54N8O6. The van der Waals surface area contributed by atoms with E-state index in [1.165, 1.54) is 19.2 Å². The van der Waals surface area contributed by atoms with E-state index in [2.05, 4.69) is 81.4 Å². The zero-order valence-electron chi connectivity index (χ0n) is 34.6. The van der Waals surface area contributed by atoms with Gasteiger partial charge in [0.15, 0.2) is 0 Å². The molecule has 1 aliphatic carbocycles. The molecule has 0 radical (unpaired) electrons. The van der Waals surface area contributed by atoms with Crippen molar-refractivity contribution < 1.29 is 28.7 Å². The summed E-state index contributed by atoms with van der Waals surface area (Å²) in [5.41, 5.74) is 8.51. The number of nitrogens with one attached hydrogen (secondary N) is 4. The zero-order chi connectivity index (χ0) is 41.8. The fourth-order valence-corrected chi connectivity index (χ4v) is 8.47. The smallest absolute Gasteiger partial charge is 0.425 e. The number of hydrogen-bond acceptors (Lipinski definition) is 8. The van der Waals surface area contributed by atoms with Crippen molar-refractivity contribution in [3.05, 3.63) is 84.7 Å². The number of hydrazine groups is 1. The molecule has 14 heteroatoms. The largest absolute Gasteiger partial charge is 0.453 e. The Hall–Kier alpha value is -6.18. The molecule has 5 aromatic rings. The quantitative estimate of drug-likeness (QED) is 0.102. The first kappa shape index (κ1) is 41.0. The third-order valence-electron chi connectivity index (χ3n) is 11.7. The van der Waals surface area contributed by atoms with E-state index in [-0.39, 0.29) is 41.7 Å². The van der Waals surface area contributed by atoms with Gasteiger partial charge in [-0.2, -0.15) is 0 Å². The van der Waals surface area contributed by atoms with Gasteiger partial charge in [0.2, 0.25) is 11.8 Å². The van der Waals surface area contributed by atoms with Crippen LogP contribution in [-0.2, 0) is 19.1 Å². The molecule has 2 aliphatic rings. The van der Waals surface area contributed by atoms with Gasteiger partial charge in [0.1, 0.15) is 17.7 Å². The third-order valence-corrected chi connectivity index (χ3v) is 11.7. The van der Waals surface area contributed by atoms with Crippen molar-refractivity contribution in [3.8, 4) is 33.6 Å². The lowest BCUT2D eigenvalue weighted by atomic mass is 9.78. The summed E-state index contributed by atoms with van der Waals surface area (Å²) in [6, 6.07) is 20.0. The second-order valence-corrected chi connectivity index (χ2v) is 16.2. The van der Waals surface area contributed by atoms with Gasteiger partial charge in [-0.1, -0.05) is 75.2 Å². The van der Waals surface area contributed by atoms with E-state index >= 15 is 0 Å². The minimum Gasteiger partial charge on any atom is -0.453 e. The molecule has 1 saturated carbocycles. The molecule has 1 aliphatic heterocycles. The normalized spacial score (nSPS) is 18.5. The highest BCUT2D eigenvalue weighted by molar-refractivity contribution is 5.91. The van der Waals surface area contributed by atoms with Crippen molar-refractivity contribution in [3.63, 3.8) is 0 Å². The number of carbonyl (C=O) groups is 4. The van der Waals surface area contributed by atoms with Crippen molar-refractivity contribution in [2.75, 3.05) is 20.8 Å². The highest BCUT2D eigenvalue weighted by Gasteiger charge is 2.39. The van der Waals surface area contributed by atoms with E-state index < -0.39 is 18.2 Å². The number of nitrogens with zero attached hydrogens (tertiary/aromatic N) is 4. The molecular weight excluding hydrogens is 749 g/mol. The van der Waals surface area contributed by atoms with Crippen LogP contribution < -0.4 is 10.7 Å². The van der Waals surface area contributed by atoms with Crippen LogP contribution in [0.5, 0.6) is 0 Å². The molecule has 14 nitrogen and oxygen atoms in total. The molecule has 4 atom stereocenters. The van der Waals surface area contributed by atoms with Crippen LogP contribution in [0, 0.1) is 11.8 Å². The van der Waals surface area contributed by atoms with Crippen LogP contribution in [0.3, 0.4) is 0 Å². The number of ether oxygens (including phenoxy) is 2. The predicted octanol–water partition coefficient (Wildman–Crippen LogP) is 8.11. The summed E-state index contributed by atoms with van der Waals surface area (Å²) in [4.78, 5) is 69.6. The Morgan fingerprint density at radius 1 is 0.729 bits per heavy atom. The number of benzene rings is 3. The Kier molecular flexibility index (Phi) is 12.3.